The molecular formula is C21H19NO3. The Morgan fingerprint density at radius 3 is 2.28 bits per heavy atom. The van der Waals surface area contributed by atoms with Crippen molar-refractivity contribution in [3.63, 3.8) is 0 Å². The zero-order chi connectivity index (χ0) is 17.9. The lowest BCUT2D eigenvalue weighted by Gasteiger charge is -2.32. The van der Waals surface area contributed by atoms with Gasteiger partial charge in [0.2, 0.25) is 0 Å². The Morgan fingerprint density at radius 2 is 1.64 bits per heavy atom. The maximum Gasteiger partial charge on any atom is 0.187 e. The molecule has 4 heteroatoms. The van der Waals surface area contributed by atoms with Crippen molar-refractivity contribution < 1.29 is 14.4 Å². The summed E-state index contributed by atoms with van der Waals surface area (Å²) in [5.41, 5.74) is 1.37. The lowest BCUT2D eigenvalue weighted by atomic mass is 9.72. The lowest BCUT2D eigenvalue weighted by Crippen LogP contribution is -2.46. The van der Waals surface area contributed by atoms with Crippen LogP contribution in [0.25, 0.3) is 0 Å². The summed E-state index contributed by atoms with van der Waals surface area (Å²) < 4.78 is 0. The minimum Gasteiger partial charge on any atom is -0.336 e. The van der Waals surface area contributed by atoms with E-state index >= 15 is 0 Å². The Balaban J connectivity index is 1.95. The summed E-state index contributed by atoms with van der Waals surface area (Å²) in [6, 6.07) is 6.22. The van der Waals surface area contributed by atoms with Crippen molar-refractivity contribution in [3.8, 4) is 0 Å². The molecule has 4 rings (SSSR count). The van der Waals surface area contributed by atoms with E-state index < -0.39 is 17.4 Å². The van der Waals surface area contributed by atoms with Crippen LogP contribution in [-0.4, -0.2) is 28.3 Å². The van der Waals surface area contributed by atoms with E-state index in [9.17, 15) is 14.4 Å². The highest BCUT2D eigenvalue weighted by molar-refractivity contribution is 6.22. The molecule has 1 aromatic rings. The number of benzene rings is 1. The highest BCUT2D eigenvalue weighted by Crippen LogP contribution is 2.45. The molecule has 2 aliphatic heterocycles. The fraction of sp³-hybridized carbons (Fsp3) is 0.286. The number of allylic oxidation sites excluding steroid dienone is 3. The molecule has 126 valence electrons. The van der Waals surface area contributed by atoms with E-state index in [1.807, 2.05) is 39.0 Å². The molecule has 0 N–H and O–H groups in total. The molecule has 0 bridgehead atoms. The number of ketones is 3. The zero-order valence-electron chi connectivity index (χ0n) is 14.4. The second-order valence-corrected chi connectivity index (χ2v) is 7.68. The molecule has 0 amide bonds. The van der Waals surface area contributed by atoms with Gasteiger partial charge in [0.05, 0.1) is 5.92 Å². The van der Waals surface area contributed by atoms with Gasteiger partial charge in [-0.05, 0) is 12.2 Å². The molecule has 0 saturated heterocycles. The van der Waals surface area contributed by atoms with E-state index in [0.29, 0.717) is 22.4 Å². The van der Waals surface area contributed by atoms with Crippen molar-refractivity contribution >= 4 is 17.3 Å². The van der Waals surface area contributed by atoms with Gasteiger partial charge in [0, 0.05) is 34.0 Å². The molecule has 3 aliphatic rings. The van der Waals surface area contributed by atoms with E-state index in [-0.39, 0.29) is 17.3 Å². The van der Waals surface area contributed by atoms with Crippen LogP contribution in [-0.2, 0) is 4.79 Å². The van der Waals surface area contributed by atoms with Crippen molar-refractivity contribution in [1.29, 1.82) is 0 Å². The van der Waals surface area contributed by atoms with E-state index in [2.05, 4.69) is 0 Å². The quantitative estimate of drug-likeness (QED) is 0.791. The van der Waals surface area contributed by atoms with Crippen LogP contribution in [0.2, 0.25) is 0 Å². The predicted octanol–water partition coefficient (Wildman–Crippen LogP) is 3.32. The largest absolute Gasteiger partial charge is 0.336 e. The first-order valence-corrected chi connectivity index (χ1v) is 8.42. The maximum absolute atomic E-state index is 13.2. The topological polar surface area (TPSA) is 54.5 Å². The third kappa shape index (κ3) is 2.10. The third-order valence-corrected chi connectivity index (χ3v) is 5.03. The summed E-state index contributed by atoms with van der Waals surface area (Å²) in [7, 11) is 0. The molecule has 0 fully saturated rings. The molecule has 1 aromatic carbocycles. The molecule has 0 aromatic heterocycles. The van der Waals surface area contributed by atoms with Crippen molar-refractivity contribution in [3.05, 3.63) is 71.1 Å². The molecule has 1 aliphatic carbocycles. The number of hydrogen-bond donors (Lipinski definition) is 0. The van der Waals surface area contributed by atoms with E-state index in [1.54, 1.807) is 35.4 Å². The highest BCUT2D eigenvalue weighted by atomic mass is 16.1. The predicted molar refractivity (Wildman–Crippen MR) is 94.0 cm³/mol. The monoisotopic (exact) mass is 333 g/mol. The van der Waals surface area contributed by atoms with Gasteiger partial charge in [0.15, 0.2) is 17.3 Å². The summed E-state index contributed by atoms with van der Waals surface area (Å²) in [6.45, 7) is 5.52. The van der Waals surface area contributed by atoms with Gasteiger partial charge in [0.1, 0.15) is 6.04 Å². The molecule has 0 saturated carbocycles. The van der Waals surface area contributed by atoms with Crippen LogP contribution in [0.5, 0.6) is 0 Å². The van der Waals surface area contributed by atoms with Crippen LogP contribution in [0, 0.1) is 11.3 Å². The van der Waals surface area contributed by atoms with Crippen LogP contribution >= 0.6 is 0 Å². The Kier molecular flexibility index (Phi) is 3.23. The van der Waals surface area contributed by atoms with E-state index in [1.165, 1.54) is 0 Å². The fourth-order valence-electron chi connectivity index (χ4n) is 3.86. The number of hydrogen-bond acceptors (Lipinski definition) is 4. The van der Waals surface area contributed by atoms with Crippen molar-refractivity contribution in [2.45, 2.75) is 26.8 Å². The first-order valence-electron chi connectivity index (χ1n) is 8.42. The number of nitrogens with zero attached hydrogens (tertiary/aromatic N) is 1. The molecule has 25 heavy (non-hydrogen) atoms. The van der Waals surface area contributed by atoms with E-state index in [4.69, 9.17) is 0 Å². The second kappa shape index (κ2) is 5.12. The zero-order valence-corrected chi connectivity index (χ0v) is 14.4. The summed E-state index contributed by atoms with van der Waals surface area (Å²) in [6.07, 6.45) is 7.27. The van der Waals surface area contributed by atoms with Crippen LogP contribution in [0.4, 0.5) is 0 Å². The molecule has 2 heterocycles. The average molecular weight is 333 g/mol. The number of rotatable bonds is 1. The molecule has 0 radical (unpaired) electrons. The smallest absolute Gasteiger partial charge is 0.187 e. The van der Waals surface area contributed by atoms with Crippen molar-refractivity contribution in [2.75, 3.05) is 0 Å². The number of fused-ring (bicyclic) bond motifs is 4. The average Bonchev–Trinajstić information content (AvgIpc) is 2.93. The minimum atomic E-state index is -0.739. The van der Waals surface area contributed by atoms with Gasteiger partial charge >= 0.3 is 0 Å². The highest BCUT2D eigenvalue weighted by Gasteiger charge is 2.54. The van der Waals surface area contributed by atoms with Gasteiger partial charge < -0.3 is 4.90 Å². The third-order valence-electron chi connectivity index (χ3n) is 5.03. The first kappa shape index (κ1) is 15.8. The second-order valence-electron chi connectivity index (χ2n) is 7.68. The number of Topliss-reactive ketones (excluding diaryl/α,β-unsaturated/α-hetero) is 3. The van der Waals surface area contributed by atoms with Gasteiger partial charge in [-0.15, -0.1) is 0 Å². The Labute approximate surface area is 146 Å². The van der Waals surface area contributed by atoms with Crippen LogP contribution in [0.15, 0.2) is 60.0 Å². The van der Waals surface area contributed by atoms with Gasteiger partial charge in [-0.3, -0.25) is 14.4 Å². The maximum atomic E-state index is 13.2. The number of carbonyl (C=O) groups excluding carboxylic acids is 3. The fourth-order valence-corrected chi connectivity index (χ4v) is 3.86. The SMILES string of the molecule is CC(C)(C)C(=O)C1=C2C=CC=CN2[C@H]2C(=O)c3ccccc3C(=O)[C@H]12. The van der Waals surface area contributed by atoms with Crippen LogP contribution in [0.3, 0.4) is 0 Å². The molecule has 0 unspecified atom stereocenters. The molecule has 4 nitrogen and oxygen atoms in total. The normalized spacial score (nSPS) is 24.4. The van der Waals surface area contributed by atoms with Gasteiger partial charge in [0.25, 0.3) is 0 Å². The van der Waals surface area contributed by atoms with Gasteiger partial charge in [-0.1, -0.05) is 51.1 Å². The van der Waals surface area contributed by atoms with E-state index in [0.717, 1.165) is 0 Å². The summed E-state index contributed by atoms with van der Waals surface area (Å²) >= 11 is 0. The lowest BCUT2D eigenvalue weighted by molar-refractivity contribution is -0.122. The summed E-state index contributed by atoms with van der Waals surface area (Å²) in [5.74, 6) is -1.07. The molecular weight excluding hydrogens is 314 g/mol. The first-order chi connectivity index (χ1) is 11.8. The van der Waals surface area contributed by atoms with Crippen LogP contribution < -0.4 is 0 Å². The Bertz CT molecular complexity index is 911. The standard InChI is InChI=1S/C21H19NO3/c1-21(2,3)20(25)15-14-10-6-7-11-22(14)17-16(15)18(23)12-8-4-5-9-13(12)19(17)24/h4-11,16-17H,1-3H3/t16-,17-/m1/s1. The van der Waals surface area contributed by atoms with Crippen LogP contribution in [0.1, 0.15) is 41.5 Å². The molecule has 2 atom stereocenters. The Hall–Kier alpha value is -2.75. The van der Waals surface area contributed by atoms with Crippen molar-refractivity contribution in [2.24, 2.45) is 11.3 Å². The van der Waals surface area contributed by atoms with Gasteiger partial charge in [-0.2, -0.15) is 0 Å². The van der Waals surface area contributed by atoms with Gasteiger partial charge in [-0.25, -0.2) is 0 Å². The number of carbonyl (C=O) groups is 3. The summed E-state index contributed by atoms with van der Waals surface area (Å²) in [5, 5.41) is 0. The molecule has 0 spiro atoms. The van der Waals surface area contributed by atoms with Crippen molar-refractivity contribution in [1.82, 2.24) is 4.90 Å². The minimum absolute atomic E-state index is 0.0829. The summed E-state index contributed by atoms with van der Waals surface area (Å²) in [4.78, 5) is 41.3. The Morgan fingerprint density at radius 1 is 1.00 bits per heavy atom.